The molecule has 1 atom stereocenters. The van der Waals surface area contributed by atoms with Gasteiger partial charge in [0.05, 0.1) is 13.2 Å². The number of likely N-dealkylation sites (tertiary alicyclic amines) is 1. The molecule has 156 valence electrons. The fraction of sp³-hybridized carbons (Fsp3) is 0.667. The third-order valence-corrected chi connectivity index (χ3v) is 6.18. The number of anilines is 1. The number of rotatable bonds is 3. The normalized spacial score (nSPS) is 23.4. The van der Waals surface area contributed by atoms with Crippen LogP contribution in [0.4, 0.5) is 5.69 Å². The van der Waals surface area contributed by atoms with Gasteiger partial charge in [0.1, 0.15) is 0 Å². The average Bonchev–Trinajstić information content (AvgIpc) is 3.19. The van der Waals surface area contributed by atoms with Crippen molar-refractivity contribution in [1.29, 1.82) is 0 Å². The van der Waals surface area contributed by atoms with Crippen molar-refractivity contribution in [2.75, 3.05) is 64.9 Å². The summed E-state index contributed by atoms with van der Waals surface area (Å²) in [6, 6.07) is 7.53. The highest BCUT2D eigenvalue weighted by Gasteiger charge is 2.30. The van der Waals surface area contributed by atoms with Crippen molar-refractivity contribution < 1.29 is 4.74 Å². The molecular formula is C21H34IN5O. The average molecular weight is 499 g/mol. The van der Waals surface area contributed by atoms with Crippen LogP contribution in [-0.2, 0) is 17.7 Å². The number of benzene rings is 1. The second kappa shape index (κ2) is 10.1. The van der Waals surface area contributed by atoms with Crippen LogP contribution in [-0.4, -0.2) is 81.8 Å². The molecule has 28 heavy (non-hydrogen) atoms. The molecule has 7 heteroatoms. The number of guanidine groups is 1. The fourth-order valence-electron chi connectivity index (χ4n) is 4.64. The van der Waals surface area contributed by atoms with Crippen LogP contribution in [0.25, 0.3) is 0 Å². The molecule has 1 unspecified atom stereocenters. The second-order valence-corrected chi connectivity index (χ2v) is 7.93. The number of ether oxygens (including phenoxy) is 1. The maximum Gasteiger partial charge on any atom is 0.193 e. The molecule has 2 saturated heterocycles. The number of nitrogens with one attached hydrogen (secondary N) is 1. The summed E-state index contributed by atoms with van der Waals surface area (Å²) >= 11 is 0. The predicted molar refractivity (Wildman–Crippen MR) is 126 cm³/mol. The van der Waals surface area contributed by atoms with E-state index in [9.17, 15) is 0 Å². The molecule has 1 aromatic rings. The molecule has 0 spiro atoms. The van der Waals surface area contributed by atoms with Crippen molar-refractivity contribution in [3.8, 4) is 0 Å². The molecule has 0 bridgehead atoms. The van der Waals surface area contributed by atoms with Crippen LogP contribution in [0.5, 0.6) is 0 Å². The first-order valence-electron chi connectivity index (χ1n) is 10.3. The Bertz CT molecular complexity index is 677. The van der Waals surface area contributed by atoms with Gasteiger partial charge >= 0.3 is 0 Å². The summed E-state index contributed by atoms with van der Waals surface area (Å²) in [7, 11) is 4.09. The Labute approximate surface area is 186 Å². The van der Waals surface area contributed by atoms with E-state index in [0.717, 1.165) is 58.4 Å². The summed E-state index contributed by atoms with van der Waals surface area (Å²) in [6.07, 6.45) is 3.65. The Hall–Kier alpha value is -1.06. The van der Waals surface area contributed by atoms with Crippen molar-refractivity contribution in [1.82, 2.24) is 15.1 Å². The summed E-state index contributed by atoms with van der Waals surface area (Å²) in [5.41, 5.74) is 4.21. The summed E-state index contributed by atoms with van der Waals surface area (Å²) in [4.78, 5) is 11.9. The smallest absolute Gasteiger partial charge is 0.193 e. The minimum absolute atomic E-state index is 0. The number of hydrogen-bond acceptors (Lipinski definition) is 4. The summed E-state index contributed by atoms with van der Waals surface area (Å²) in [5, 5.41) is 3.59. The molecule has 0 amide bonds. The lowest BCUT2D eigenvalue weighted by atomic mass is 9.99. The van der Waals surface area contributed by atoms with Crippen molar-refractivity contribution >= 4 is 35.6 Å². The van der Waals surface area contributed by atoms with Crippen LogP contribution < -0.4 is 10.2 Å². The van der Waals surface area contributed by atoms with Gasteiger partial charge in [0.15, 0.2) is 5.96 Å². The molecule has 6 nitrogen and oxygen atoms in total. The van der Waals surface area contributed by atoms with Gasteiger partial charge in [-0.05, 0) is 36.5 Å². The van der Waals surface area contributed by atoms with Gasteiger partial charge in [0.2, 0.25) is 0 Å². The molecule has 0 aliphatic carbocycles. The van der Waals surface area contributed by atoms with Gasteiger partial charge in [-0.3, -0.25) is 9.89 Å². The van der Waals surface area contributed by atoms with Crippen LogP contribution in [0.1, 0.15) is 24.0 Å². The summed E-state index contributed by atoms with van der Waals surface area (Å²) in [6.45, 7) is 8.01. The van der Waals surface area contributed by atoms with Gasteiger partial charge in [0.25, 0.3) is 0 Å². The van der Waals surface area contributed by atoms with E-state index < -0.39 is 0 Å². The largest absolute Gasteiger partial charge is 0.379 e. The number of aryl methyl sites for hydroxylation is 1. The van der Waals surface area contributed by atoms with Crippen LogP contribution in [0.2, 0.25) is 0 Å². The first-order valence-corrected chi connectivity index (χ1v) is 10.3. The summed E-state index contributed by atoms with van der Waals surface area (Å²) in [5.74, 6) is 1.03. The van der Waals surface area contributed by atoms with Crippen LogP contribution in [0.3, 0.4) is 0 Å². The van der Waals surface area contributed by atoms with E-state index in [2.05, 4.69) is 50.3 Å². The lowest BCUT2D eigenvalue weighted by Crippen LogP contribution is -2.46. The predicted octanol–water partition coefficient (Wildman–Crippen LogP) is 2.17. The zero-order valence-electron chi connectivity index (χ0n) is 17.2. The minimum atomic E-state index is 0. The topological polar surface area (TPSA) is 43.3 Å². The highest BCUT2D eigenvalue weighted by atomic mass is 127. The lowest BCUT2D eigenvalue weighted by Gasteiger charge is -2.32. The molecule has 4 rings (SSSR count). The zero-order valence-corrected chi connectivity index (χ0v) is 19.5. The number of morpholine rings is 1. The molecule has 1 aromatic carbocycles. The van der Waals surface area contributed by atoms with E-state index in [-0.39, 0.29) is 24.0 Å². The Balaban J connectivity index is 0.00000225. The molecule has 2 fully saturated rings. The number of fused-ring (bicyclic) bond motifs is 1. The molecule has 3 aliphatic heterocycles. The van der Waals surface area contributed by atoms with E-state index in [0.29, 0.717) is 6.04 Å². The Morgan fingerprint density at radius 3 is 2.82 bits per heavy atom. The SMILES string of the molecule is CN=C(NCc1ccc2c(c1)CCCN2C)N1CCC(N2CCOCC2)C1.I. The first kappa shape index (κ1) is 21.6. The third kappa shape index (κ3) is 4.91. The van der Waals surface area contributed by atoms with Crippen LogP contribution in [0, 0.1) is 0 Å². The van der Waals surface area contributed by atoms with E-state index in [1.54, 1.807) is 0 Å². The van der Waals surface area contributed by atoms with Gasteiger partial charge in [-0.2, -0.15) is 0 Å². The lowest BCUT2D eigenvalue weighted by molar-refractivity contribution is 0.0195. The van der Waals surface area contributed by atoms with Crippen LogP contribution >= 0.6 is 24.0 Å². The van der Waals surface area contributed by atoms with Crippen molar-refractivity contribution in [3.05, 3.63) is 29.3 Å². The van der Waals surface area contributed by atoms with Gasteiger partial charge in [-0.25, -0.2) is 0 Å². The van der Waals surface area contributed by atoms with Crippen molar-refractivity contribution in [2.45, 2.75) is 31.8 Å². The third-order valence-electron chi connectivity index (χ3n) is 6.18. The van der Waals surface area contributed by atoms with Crippen LogP contribution in [0.15, 0.2) is 23.2 Å². The molecule has 3 aliphatic rings. The van der Waals surface area contributed by atoms with Gasteiger partial charge in [-0.15, -0.1) is 24.0 Å². The quantitative estimate of drug-likeness (QED) is 0.393. The highest BCUT2D eigenvalue weighted by Crippen LogP contribution is 2.26. The standard InChI is InChI=1S/C21H33N5O.HI/c1-22-21(26-9-7-19(16-26)25-10-12-27-13-11-25)23-15-17-5-6-20-18(14-17)4-3-8-24(20)2;/h5-6,14,19H,3-4,7-13,15-16H2,1-2H3,(H,22,23);1H. The number of aliphatic imine (C=N–C) groups is 1. The van der Waals surface area contributed by atoms with Gasteiger partial charge in [0, 0.05) is 65.1 Å². The van der Waals surface area contributed by atoms with Crippen molar-refractivity contribution in [2.24, 2.45) is 4.99 Å². The molecule has 0 radical (unpaired) electrons. The molecule has 1 N–H and O–H groups in total. The fourth-order valence-corrected chi connectivity index (χ4v) is 4.64. The maximum atomic E-state index is 5.49. The summed E-state index contributed by atoms with van der Waals surface area (Å²) < 4.78 is 5.49. The molecule has 0 aromatic heterocycles. The monoisotopic (exact) mass is 499 g/mol. The Morgan fingerprint density at radius 2 is 2.04 bits per heavy atom. The molecular weight excluding hydrogens is 465 g/mol. The Kier molecular flexibility index (Phi) is 7.82. The number of halogens is 1. The van der Waals surface area contributed by atoms with Gasteiger partial charge in [-0.1, -0.05) is 12.1 Å². The minimum Gasteiger partial charge on any atom is -0.379 e. The van der Waals surface area contributed by atoms with E-state index in [1.165, 1.54) is 36.1 Å². The number of hydrogen-bond donors (Lipinski definition) is 1. The first-order chi connectivity index (χ1) is 13.2. The molecule has 0 saturated carbocycles. The zero-order chi connectivity index (χ0) is 18.6. The maximum absolute atomic E-state index is 5.49. The molecule has 3 heterocycles. The second-order valence-electron chi connectivity index (χ2n) is 7.93. The van der Waals surface area contributed by atoms with E-state index in [4.69, 9.17) is 4.74 Å². The number of nitrogens with zero attached hydrogens (tertiary/aromatic N) is 4. The Morgan fingerprint density at radius 1 is 1.21 bits per heavy atom. The van der Waals surface area contributed by atoms with E-state index >= 15 is 0 Å². The van der Waals surface area contributed by atoms with Gasteiger partial charge < -0.3 is 19.9 Å². The van der Waals surface area contributed by atoms with Crippen molar-refractivity contribution in [3.63, 3.8) is 0 Å². The highest BCUT2D eigenvalue weighted by molar-refractivity contribution is 14.0. The van der Waals surface area contributed by atoms with E-state index in [1.807, 2.05) is 7.05 Å².